The Morgan fingerprint density at radius 2 is 1.59 bits per heavy atom. The van der Waals surface area contributed by atoms with Crippen LogP contribution in [-0.4, -0.2) is 30.1 Å². The first-order chi connectivity index (χ1) is 16.0. The van der Waals surface area contributed by atoms with E-state index in [0.717, 1.165) is 5.56 Å². The number of anilines is 3. The predicted molar refractivity (Wildman–Crippen MR) is 138 cm³/mol. The number of hydrogen-bond acceptors (Lipinski definition) is 3. The number of para-hydroxylation sites is 1. The second-order valence-electron chi connectivity index (χ2n) is 9.91. The molecule has 0 bridgehead atoms. The van der Waals surface area contributed by atoms with Gasteiger partial charge in [-0.3, -0.25) is 14.5 Å². The number of rotatable bonds is 11. The van der Waals surface area contributed by atoms with E-state index in [-0.39, 0.29) is 30.1 Å². The number of carbonyl (C=O) groups excluding carboxylic acids is 1. The van der Waals surface area contributed by atoms with Gasteiger partial charge >= 0.3 is 5.97 Å². The number of carboxylic acids is 1. The van der Waals surface area contributed by atoms with Crippen LogP contribution in [0.1, 0.15) is 71.4 Å². The lowest BCUT2D eigenvalue weighted by atomic mass is 9.91. The zero-order valence-electron chi connectivity index (χ0n) is 21.6. The minimum atomic E-state index is -0.929. The molecule has 0 aliphatic carbocycles. The van der Waals surface area contributed by atoms with Crippen molar-refractivity contribution in [1.29, 1.82) is 0 Å². The molecule has 0 aliphatic heterocycles. The topological polar surface area (TPSA) is 60.9 Å². The lowest BCUT2D eigenvalue weighted by Crippen LogP contribution is -2.35. The van der Waals surface area contributed by atoms with Gasteiger partial charge in [-0.1, -0.05) is 52.8 Å². The van der Waals surface area contributed by atoms with Crippen LogP contribution in [0.25, 0.3) is 0 Å². The summed E-state index contributed by atoms with van der Waals surface area (Å²) >= 11 is 0. The van der Waals surface area contributed by atoms with Gasteiger partial charge < -0.3 is 10.0 Å². The summed E-state index contributed by atoms with van der Waals surface area (Å²) in [6, 6.07) is 10.8. The molecule has 0 aromatic heterocycles. The third-order valence-electron chi connectivity index (χ3n) is 5.85. The standard InChI is InChI=1S/C28H39FN2O3/c1-8-22(15-27(33)34)23-13-24(29)28(30(16-18(2)3)17-19(4)5)26(14-23)31(21(7)32)25-12-10-9-11-20(25)6/h9-14,18-19,22H,8,15-17H2,1-7H3,(H,33,34). The van der Waals surface area contributed by atoms with Crippen LogP contribution in [0.2, 0.25) is 0 Å². The van der Waals surface area contributed by atoms with E-state index in [0.29, 0.717) is 42.1 Å². The SMILES string of the molecule is CCC(CC(=O)O)c1cc(F)c(N(CC(C)C)CC(C)C)c(N(C(C)=O)c2ccccc2C)c1. The highest BCUT2D eigenvalue weighted by molar-refractivity contribution is 6.03. The molecule has 5 nitrogen and oxygen atoms in total. The third-order valence-corrected chi connectivity index (χ3v) is 5.85. The molecule has 186 valence electrons. The van der Waals surface area contributed by atoms with Crippen LogP contribution in [0.4, 0.5) is 21.5 Å². The molecular formula is C28H39FN2O3. The molecule has 0 saturated carbocycles. The second-order valence-corrected chi connectivity index (χ2v) is 9.91. The van der Waals surface area contributed by atoms with Crippen molar-refractivity contribution in [3.05, 3.63) is 53.3 Å². The number of carbonyl (C=O) groups is 2. The highest BCUT2D eigenvalue weighted by Crippen LogP contribution is 2.41. The van der Waals surface area contributed by atoms with Crippen LogP contribution in [0, 0.1) is 24.6 Å². The van der Waals surface area contributed by atoms with Crippen molar-refractivity contribution in [1.82, 2.24) is 0 Å². The first kappa shape index (κ1) is 27.4. The predicted octanol–water partition coefficient (Wildman–Crippen LogP) is 6.91. The number of aliphatic carboxylic acids is 1. The summed E-state index contributed by atoms with van der Waals surface area (Å²) < 4.78 is 16.0. The molecule has 0 aliphatic rings. The van der Waals surface area contributed by atoms with Crippen LogP contribution < -0.4 is 9.80 Å². The van der Waals surface area contributed by atoms with Gasteiger partial charge in [0.2, 0.25) is 5.91 Å². The lowest BCUT2D eigenvalue weighted by Gasteiger charge is -2.35. The van der Waals surface area contributed by atoms with Gasteiger partial charge in [0.15, 0.2) is 0 Å². The molecule has 34 heavy (non-hydrogen) atoms. The molecule has 0 heterocycles. The number of nitrogens with zero attached hydrogens (tertiary/aromatic N) is 2. The molecule has 0 fully saturated rings. The Bertz CT molecular complexity index is 993. The van der Waals surface area contributed by atoms with Crippen molar-refractivity contribution < 1.29 is 19.1 Å². The number of hydrogen-bond donors (Lipinski definition) is 1. The summed E-state index contributed by atoms with van der Waals surface area (Å²) in [7, 11) is 0. The minimum absolute atomic E-state index is 0.0964. The molecule has 1 N–H and O–H groups in total. The van der Waals surface area contributed by atoms with Gasteiger partial charge in [-0.25, -0.2) is 4.39 Å². The molecule has 2 rings (SSSR count). The third kappa shape index (κ3) is 6.81. The lowest BCUT2D eigenvalue weighted by molar-refractivity contribution is -0.137. The fourth-order valence-corrected chi connectivity index (χ4v) is 4.45. The van der Waals surface area contributed by atoms with Crippen molar-refractivity contribution in [3.63, 3.8) is 0 Å². The Morgan fingerprint density at radius 1 is 1.00 bits per heavy atom. The Kier molecular flexibility index (Phi) is 9.66. The largest absolute Gasteiger partial charge is 0.481 e. The van der Waals surface area contributed by atoms with E-state index >= 15 is 4.39 Å². The summed E-state index contributed by atoms with van der Waals surface area (Å²) in [6.45, 7) is 14.9. The normalized spacial score (nSPS) is 12.2. The van der Waals surface area contributed by atoms with Gasteiger partial charge in [0.05, 0.1) is 23.5 Å². The number of benzene rings is 2. The summed E-state index contributed by atoms with van der Waals surface area (Å²) in [5, 5.41) is 9.40. The molecule has 0 spiro atoms. The van der Waals surface area contributed by atoms with Crippen LogP contribution in [0.15, 0.2) is 36.4 Å². The first-order valence-corrected chi connectivity index (χ1v) is 12.1. The Labute approximate surface area is 203 Å². The molecule has 6 heteroatoms. The summed E-state index contributed by atoms with van der Waals surface area (Å²) in [4.78, 5) is 28.1. The smallest absolute Gasteiger partial charge is 0.303 e. The fraction of sp³-hybridized carbons (Fsp3) is 0.500. The average Bonchev–Trinajstić information content (AvgIpc) is 2.71. The van der Waals surface area contributed by atoms with Crippen molar-refractivity contribution in [2.45, 2.75) is 67.2 Å². The van der Waals surface area contributed by atoms with Gasteiger partial charge in [0.25, 0.3) is 0 Å². The zero-order chi connectivity index (χ0) is 25.6. The maximum Gasteiger partial charge on any atom is 0.303 e. The summed E-state index contributed by atoms with van der Waals surface area (Å²) in [6.07, 6.45) is 0.456. The van der Waals surface area contributed by atoms with E-state index < -0.39 is 11.8 Å². The molecule has 2 aromatic carbocycles. The van der Waals surface area contributed by atoms with Crippen molar-refractivity contribution in [3.8, 4) is 0 Å². The van der Waals surface area contributed by atoms with E-state index in [4.69, 9.17) is 0 Å². The summed E-state index contributed by atoms with van der Waals surface area (Å²) in [5.41, 5.74) is 3.02. The van der Waals surface area contributed by atoms with Gasteiger partial charge in [-0.2, -0.15) is 0 Å². The highest BCUT2D eigenvalue weighted by atomic mass is 19.1. The molecule has 0 radical (unpaired) electrons. The van der Waals surface area contributed by atoms with E-state index in [2.05, 4.69) is 27.7 Å². The van der Waals surface area contributed by atoms with Gasteiger partial charge in [-0.15, -0.1) is 0 Å². The molecule has 1 amide bonds. The quantitative estimate of drug-likeness (QED) is 0.388. The minimum Gasteiger partial charge on any atom is -0.481 e. The molecular weight excluding hydrogens is 431 g/mol. The van der Waals surface area contributed by atoms with Crippen molar-refractivity contribution in [2.75, 3.05) is 22.9 Å². The zero-order valence-corrected chi connectivity index (χ0v) is 21.6. The number of amides is 1. The Balaban J connectivity index is 2.86. The maximum atomic E-state index is 16.0. The molecule has 2 aromatic rings. The average molecular weight is 471 g/mol. The first-order valence-electron chi connectivity index (χ1n) is 12.1. The van der Waals surface area contributed by atoms with Crippen LogP contribution >= 0.6 is 0 Å². The Hall–Kier alpha value is -2.89. The van der Waals surface area contributed by atoms with Crippen LogP contribution in [0.3, 0.4) is 0 Å². The van der Waals surface area contributed by atoms with Gasteiger partial charge in [0, 0.05) is 20.0 Å². The van der Waals surface area contributed by atoms with E-state index in [1.54, 1.807) is 4.90 Å². The molecule has 1 atom stereocenters. The maximum absolute atomic E-state index is 16.0. The van der Waals surface area contributed by atoms with E-state index in [1.807, 2.05) is 49.1 Å². The molecule has 0 saturated heterocycles. The number of halogens is 1. The Morgan fingerprint density at radius 3 is 2.06 bits per heavy atom. The monoisotopic (exact) mass is 470 g/mol. The number of aryl methyl sites for hydroxylation is 1. The van der Waals surface area contributed by atoms with Gasteiger partial charge in [-0.05, 0) is 60.4 Å². The van der Waals surface area contributed by atoms with E-state index in [9.17, 15) is 14.7 Å². The van der Waals surface area contributed by atoms with Crippen LogP contribution in [-0.2, 0) is 9.59 Å². The van der Waals surface area contributed by atoms with Crippen LogP contribution in [0.5, 0.6) is 0 Å². The van der Waals surface area contributed by atoms with Crippen molar-refractivity contribution in [2.24, 2.45) is 11.8 Å². The molecule has 1 unspecified atom stereocenters. The van der Waals surface area contributed by atoms with Gasteiger partial charge in [0.1, 0.15) is 5.82 Å². The number of carboxylic acid groups (broad SMARTS) is 1. The van der Waals surface area contributed by atoms with E-state index in [1.165, 1.54) is 13.0 Å². The fourth-order valence-electron chi connectivity index (χ4n) is 4.45. The van der Waals surface area contributed by atoms with Crippen molar-refractivity contribution >= 4 is 28.9 Å². The highest BCUT2D eigenvalue weighted by Gasteiger charge is 2.28. The summed E-state index contributed by atoms with van der Waals surface area (Å²) in [5.74, 6) is -1.38. The second kappa shape index (κ2) is 12.0.